The Hall–Kier alpha value is -4.61. The number of aromatic nitrogens is 8. The van der Waals surface area contributed by atoms with Gasteiger partial charge < -0.3 is 28.9 Å². The van der Waals surface area contributed by atoms with Crippen molar-refractivity contribution in [3.63, 3.8) is 0 Å². The number of hydrogen-bond donors (Lipinski definition) is 0. The molecule has 3 aliphatic rings. The van der Waals surface area contributed by atoms with Crippen LogP contribution in [0.3, 0.4) is 0 Å². The molecule has 54 heavy (non-hydrogen) atoms. The van der Waals surface area contributed by atoms with E-state index in [4.69, 9.17) is 37.4 Å². The van der Waals surface area contributed by atoms with E-state index in [9.17, 15) is 4.79 Å². The van der Waals surface area contributed by atoms with Crippen molar-refractivity contribution >= 4 is 34.7 Å². The molecule has 3 fully saturated rings. The zero-order valence-electron chi connectivity index (χ0n) is 29.7. The monoisotopic (exact) mass is 779 g/mol. The molecule has 0 saturated carbocycles. The highest BCUT2D eigenvalue weighted by atomic mass is 35.5. The van der Waals surface area contributed by atoms with Crippen molar-refractivity contribution in [3.8, 4) is 11.4 Å². The van der Waals surface area contributed by atoms with Gasteiger partial charge in [-0.25, -0.2) is 28.1 Å². The Balaban J connectivity index is 0.843. The van der Waals surface area contributed by atoms with E-state index in [0.29, 0.717) is 71.4 Å². The number of benzene rings is 2. The van der Waals surface area contributed by atoms with Crippen LogP contribution in [0.2, 0.25) is 10.0 Å². The summed E-state index contributed by atoms with van der Waals surface area (Å²) in [6.07, 6.45) is 6.29. The Morgan fingerprint density at radius 2 is 1.80 bits per heavy atom. The second-order valence-electron chi connectivity index (χ2n) is 13.9. The Kier molecular flexibility index (Phi) is 10.5. The number of rotatable bonds is 11. The normalized spacial score (nSPS) is 21.2. The minimum Gasteiger partial charge on any atom is -0.489 e. The maximum atomic E-state index is 15.5. The first-order chi connectivity index (χ1) is 26.2. The summed E-state index contributed by atoms with van der Waals surface area (Å²) in [5, 5.41) is 16.6. The molecule has 2 aromatic carbocycles. The van der Waals surface area contributed by atoms with Gasteiger partial charge in [-0.3, -0.25) is 0 Å². The average Bonchev–Trinajstić information content (AvgIpc) is 3.93. The lowest BCUT2D eigenvalue weighted by Crippen LogP contribution is -2.47. The van der Waals surface area contributed by atoms with E-state index in [0.717, 1.165) is 31.7 Å². The molecule has 0 aliphatic carbocycles. The molecule has 3 saturated heterocycles. The summed E-state index contributed by atoms with van der Waals surface area (Å²) in [4.78, 5) is 24.2. The molecule has 3 aromatic heterocycles. The third-order valence-corrected chi connectivity index (χ3v) is 10.8. The van der Waals surface area contributed by atoms with E-state index in [-0.39, 0.29) is 31.3 Å². The Bertz CT molecular complexity index is 2100. The summed E-state index contributed by atoms with van der Waals surface area (Å²) >= 11 is 12.7. The zero-order valence-corrected chi connectivity index (χ0v) is 31.2. The molecular weight excluding hydrogens is 740 g/mol. The third kappa shape index (κ3) is 7.79. The number of ether oxygens (including phenoxy) is 3. The van der Waals surface area contributed by atoms with Gasteiger partial charge in [0.25, 0.3) is 0 Å². The maximum Gasteiger partial charge on any atom is 0.350 e. The SMILES string of the molecule is CN1CCC(Cn2ncn(-c3ccc(N4CCN(c5ccc(OC[C@@H]6CO[C@@](Cn7cnnn7)(c7ccc(Cl)cc7Cl)O6)cn5)CC4)c(F)c3)c2=O)CC1. The van der Waals surface area contributed by atoms with E-state index in [2.05, 4.69) is 42.5 Å². The van der Waals surface area contributed by atoms with E-state index in [1.54, 1.807) is 36.5 Å². The predicted molar refractivity (Wildman–Crippen MR) is 199 cm³/mol. The molecule has 0 amide bonds. The van der Waals surface area contributed by atoms with Crippen LogP contribution in [0.15, 0.2) is 72.2 Å². The number of halogens is 3. The number of anilines is 2. The van der Waals surface area contributed by atoms with Gasteiger partial charge >= 0.3 is 5.69 Å². The number of tetrazole rings is 1. The topological polar surface area (TPSA) is 134 Å². The minimum atomic E-state index is -1.24. The molecule has 0 bridgehead atoms. The number of piperazine rings is 1. The first-order valence-electron chi connectivity index (χ1n) is 17.9. The minimum absolute atomic E-state index is 0.173. The second-order valence-corrected chi connectivity index (χ2v) is 14.8. The molecule has 0 spiro atoms. The van der Waals surface area contributed by atoms with Crippen LogP contribution in [0.25, 0.3) is 5.69 Å². The fourth-order valence-electron chi connectivity index (χ4n) is 7.26. The third-order valence-electron chi connectivity index (χ3n) is 10.3. The van der Waals surface area contributed by atoms with Gasteiger partial charge in [0.15, 0.2) is 0 Å². The molecule has 6 heterocycles. The fraction of sp³-hybridized carbons (Fsp3) is 0.444. The van der Waals surface area contributed by atoms with Crippen molar-refractivity contribution in [2.75, 3.05) is 69.3 Å². The van der Waals surface area contributed by atoms with Crippen LogP contribution in [0.4, 0.5) is 15.9 Å². The number of pyridine rings is 1. The Labute approximate surface area is 320 Å². The summed E-state index contributed by atoms with van der Waals surface area (Å²) in [6, 6.07) is 13.8. The molecule has 3 aliphatic heterocycles. The standard InChI is InChI=1S/C36H40Cl2FN11O4/c1-45-10-8-25(9-11-45)19-50-35(51)49(24-42-50)27-3-6-33(32(39)17-27)46-12-14-47(15-13-46)34-7-4-28(18-40-34)52-20-29-21-53-36(54-29,22-48-23-41-43-44-48)30-5-2-26(37)16-31(30)38/h2-7,16-18,23-25,29H,8-15,19-22H2,1H3/t29-,36-/m1/s1. The number of likely N-dealkylation sites (tertiary alicyclic amines) is 1. The molecular formula is C36H40Cl2FN11O4. The first kappa shape index (κ1) is 36.4. The first-order valence-corrected chi connectivity index (χ1v) is 18.7. The van der Waals surface area contributed by atoms with Crippen molar-refractivity contribution in [2.45, 2.75) is 37.8 Å². The van der Waals surface area contributed by atoms with Crippen molar-refractivity contribution in [3.05, 3.63) is 99.3 Å². The van der Waals surface area contributed by atoms with E-state index >= 15 is 4.39 Å². The lowest BCUT2D eigenvalue weighted by molar-refractivity contribution is -0.190. The molecule has 0 unspecified atom stereocenters. The van der Waals surface area contributed by atoms with E-state index < -0.39 is 11.9 Å². The highest BCUT2D eigenvalue weighted by Gasteiger charge is 2.46. The highest BCUT2D eigenvalue weighted by Crippen LogP contribution is 2.40. The molecule has 8 rings (SSSR count). The van der Waals surface area contributed by atoms with Gasteiger partial charge in [0, 0.05) is 49.4 Å². The molecule has 0 N–H and O–H groups in total. The average molecular weight is 781 g/mol. The summed E-state index contributed by atoms with van der Waals surface area (Å²) < 4.78 is 38.6. The largest absolute Gasteiger partial charge is 0.489 e. The van der Waals surface area contributed by atoms with Gasteiger partial charge in [-0.15, -0.1) is 5.10 Å². The molecule has 2 atom stereocenters. The Morgan fingerprint density at radius 3 is 2.52 bits per heavy atom. The quantitative estimate of drug-likeness (QED) is 0.193. The van der Waals surface area contributed by atoms with Crippen LogP contribution in [0, 0.1) is 11.7 Å². The molecule has 18 heteroatoms. The smallest absolute Gasteiger partial charge is 0.350 e. The second kappa shape index (κ2) is 15.6. The van der Waals surface area contributed by atoms with Crippen LogP contribution in [-0.4, -0.2) is 110 Å². The fourth-order valence-corrected chi connectivity index (χ4v) is 7.81. The summed E-state index contributed by atoms with van der Waals surface area (Å²) in [7, 11) is 2.11. The lowest BCUT2D eigenvalue weighted by Gasteiger charge is -2.36. The van der Waals surface area contributed by atoms with Crippen molar-refractivity contribution in [2.24, 2.45) is 5.92 Å². The molecule has 0 radical (unpaired) electrons. The van der Waals surface area contributed by atoms with E-state index in [1.165, 1.54) is 32.7 Å². The molecule has 284 valence electrons. The van der Waals surface area contributed by atoms with Gasteiger partial charge in [-0.2, -0.15) is 5.10 Å². The maximum absolute atomic E-state index is 15.5. The molecule has 15 nitrogen and oxygen atoms in total. The van der Waals surface area contributed by atoms with Crippen molar-refractivity contribution in [1.29, 1.82) is 0 Å². The summed E-state index contributed by atoms with van der Waals surface area (Å²) in [6.45, 7) is 5.76. The molecule has 5 aromatic rings. The van der Waals surface area contributed by atoms with Gasteiger partial charge in [0.05, 0.1) is 29.2 Å². The highest BCUT2D eigenvalue weighted by molar-refractivity contribution is 6.35. The van der Waals surface area contributed by atoms with Crippen molar-refractivity contribution < 1.29 is 18.6 Å². The number of hydrogen-bond acceptors (Lipinski definition) is 12. The van der Waals surface area contributed by atoms with Gasteiger partial charge in [-0.1, -0.05) is 29.3 Å². The van der Waals surface area contributed by atoms with Crippen LogP contribution in [-0.2, 0) is 28.4 Å². The summed E-state index contributed by atoms with van der Waals surface area (Å²) in [5.41, 5.74) is 1.32. The van der Waals surface area contributed by atoms with Crippen LogP contribution in [0.1, 0.15) is 18.4 Å². The van der Waals surface area contributed by atoms with E-state index in [1.807, 2.05) is 17.0 Å². The van der Waals surface area contributed by atoms with Gasteiger partial charge in [0.2, 0.25) is 5.79 Å². The van der Waals surface area contributed by atoms with Crippen LogP contribution >= 0.6 is 23.2 Å². The van der Waals surface area contributed by atoms with Gasteiger partial charge in [-0.05, 0) is 85.7 Å². The Morgan fingerprint density at radius 1 is 0.981 bits per heavy atom. The number of piperidine rings is 1. The number of nitrogens with zero attached hydrogens (tertiary/aromatic N) is 11. The zero-order chi connectivity index (χ0) is 37.2. The van der Waals surface area contributed by atoms with Crippen LogP contribution in [0.5, 0.6) is 5.75 Å². The van der Waals surface area contributed by atoms with Crippen LogP contribution < -0.4 is 20.2 Å². The van der Waals surface area contributed by atoms with Gasteiger partial charge in [0.1, 0.15) is 49.3 Å². The summed E-state index contributed by atoms with van der Waals surface area (Å²) in [5.74, 6) is 0.172. The predicted octanol–water partition coefficient (Wildman–Crippen LogP) is 3.88. The van der Waals surface area contributed by atoms with Crippen molar-refractivity contribution in [1.82, 2.24) is 44.4 Å². The lowest BCUT2D eigenvalue weighted by atomic mass is 9.97.